The predicted octanol–water partition coefficient (Wildman–Crippen LogP) is 2.61. The zero-order valence-electron chi connectivity index (χ0n) is 9.66. The van der Waals surface area contributed by atoms with Crippen molar-refractivity contribution < 1.29 is 5.11 Å². The Kier molecular flexibility index (Phi) is 2.80. The number of nitrogens with zero attached hydrogens (tertiary/aromatic N) is 2. The van der Waals surface area contributed by atoms with Gasteiger partial charge in [-0.05, 0) is 33.6 Å². The maximum absolute atomic E-state index is 9.36. The molecule has 1 aromatic heterocycles. The fourth-order valence-electron chi connectivity index (χ4n) is 1.73. The minimum atomic E-state index is -0.217. The molecule has 0 radical (unpaired) electrons. The highest BCUT2D eigenvalue weighted by Crippen LogP contribution is 2.29. The zero-order valence-corrected chi connectivity index (χ0v) is 11.2. The summed E-state index contributed by atoms with van der Waals surface area (Å²) in [5, 5.41) is 14.8. The van der Waals surface area contributed by atoms with Gasteiger partial charge in [0.15, 0.2) is 0 Å². The van der Waals surface area contributed by atoms with Crippen molar-refractivity contribution >= 4 is 26.8 Å². The van der Waals surface area contributed by atoms with Crippen LogP contribution in [-0.4, -0.2) is 21.5 Å². The number of fused-ring (bicyclic) bond motifs is 1. The van der Waals surface area contributed by atoms with Crippen molar-refractivity contribution in [1.82, 2.24) is 9.78 Å². The number of rotatable bonds is 2. The first-order chi connectivity index (χ1) is 7.45. The van der Waals surface area contributed by atoms with E-state index in [4.69, 9.17) is 0 Å². The highest BCUT2D eigenvalue weighted by Gasteiger charge is 2.20. The number of hydrogen-bond acceptors (Lipinski definition) is 2. The summed E-state index contributed by atoms with van der Waals surface area (Å²) < 4.78 is 2.70. The highest BCUT2D eigenvalue weighted by atomic mass is 79.9. The van der Waals surface area contributed by atoms with E-state index in [1.807, 2.05) is 37.7 Å². The monoisotopic (exact) mass is 282 g/mol. The molecule has 2 aromatic rings. The third kappa shape index (κ3) is 1.76. The third-order valence-corrected chi connectivity index (χ3v) is 3.57. The number of hydrogen-bond donors (Lipinski definition) is 1. The van der Waals surface area contributed by atoms with Crippen molar-refractivity contribution in [2.24, 2.45) is 7.05 Å². The van der Waals surface area contributed by atoms with Crippen LogP contribution in [0, 0.1) is 0 Å². The van der Waals surface area contributed by atoms with Gasteiger partial charge >= 0.3 is 0 Å². The molecule has 4 heteroatoms. The van der Waals surface area contributed by atoms with Gasteiger partial charge in [-0.3, -0.25) is 4.68 Å². The Labute approximate surface area is 103 Å². The Morgan fingerprint density at radius 3 is 2.75 bits per heavy atom. The quantitative estimate of drug-likeness (QED) is 0.920. The lowest BCUT2D eigenvalue weighted by Crippen LogP contribution is -2.21. The van der Waals surface area contributed by atoms with Crippen molar-refractivity contribution in [2.75, 3.05) is 6.61 Å². The molecule has 1 aromatic carbocycles. The van der Waals surface area contributed by atoms with Gasteiger partial charge in [-0.15, -0.1) is 0 Å². The fraction of sp³-hybridized carbons (Fsp3) is 0.417. The third-order valence-electron chi connectivity index (χ3n) is 2.98. The van der Waals surface area contributed by atoms with Crippen molar-refractivity contribution in [2.45, 2.75) is 19.3 Å². The van der Waals surface area contributed by atoms with E-state index < -0.39 is 0 Å². The Hall–Kier alpha value is -0.870. The summed E-state index contributed by atoms with van der Waals surface area (Å²) in [6, 6.07) is 6.17. The summed E-state index contributed by atoms with van der Waals surface area (Å²) in [6.07, 6.45) is 0. The van der Waals surface area contributed by atoms with Gasteiger partial charge in [0.1, 0.15) is 4.60 Å². The number of halogens is 1. The van der Waals surface area contributed by atoms with Crippen LogP contribution in [0.1, 0.15) is 19.4 Å². The minimum absolute atomic E-state index is 0.136. The lowest BCUT2D eigenvalue weighted by molar-refractivity contribution is 0.218. The summed E-state index contributed by atoms with van der Waals surface area (Å²) in [5.41, 5.74) is 1.98. The van der Waals surface area contributed by atoms with Gasteiger partial charge in [-0.1, -0.05) is 19.9 Å². The molecule has 1 heterocycles. The smallest absolute Gasteiger partial charge is 0.135 e. The summed E-state index contributed by atoms with van der Waals surface area (Å²) in [4.78, 5) is 0. The molecular weight excluding hydrogens is 268 g/mol. The summed E-state index contributed by atoms with van der Waals surface area (Å²) >= 11 is 3.43. The Morgan fingerprint density at radius 2 is 2.12 bits per heavy atom. The van der Waals surface area contributed by atoms with Gasteiger partial charge < -0.3 is 5.11 Å². The van der Waals surface area contributed by atoms with Crippen LogP contribution in [0.15, 0.2) is 22.8 Å². The molecular formula is C12H15BrN2O. The van der Waals surface area contributed by atoms with Crippen molar-refractivity contribution in [3.63, 3.8) is 0 Å². The van der Waals surface area contributed by atoms with E-state index in [0.717, 1.165) is 21.1 Å². The summed E-state index contributed by atoms with van der Waals surface area (Å²) in [7, 11) is 1.92. The largest absolute Gasteiger partial charge is 0.395 e. The van der Waals surface area contributed by atoms with Gasteiger partial charge in [-0.25, -0.2) is 0 Å². The van der Waals surface area contributed by atoms with E-state index in [1.54, 1.807) is 0 Å². The van der Waals surface area contributed by atoms with Crippen LogP contribution in [0.3, 0.4) is 0 Å². The van der Waals surface area contributed by atoms with Crippen molar-refractivity contribution in [3.05, 3.63) is 28.4 Å². The van der Waals surface area contributed by atoms with Crippen LogP contribution < -0.4 is 0 Å². The SMILES string of the molecule is Cn1nc(Br)c2ccc(C(C)(C)CO)cc21. The normalized spacial score (nSPS) is 12.3. The number of aliphatic hydroxyl groups excluding tert-OH is 1. The van der Waals surface area contributed by atoms with E-state index in [0.29, 0.717) is 0 Å². The fourth-order valence-corrected chi connectivity index (χ4v) is 2.30. The molecule has 16 heavy (non-hydrogen) atoms. The second-order valence-corrected chi connectivity index (χ2v) is 5.44. The first-order valence-corrected chi connectivity index (χ1v) is 5.98. The van der Waals surface area contributed by atoms with E-state index in [1.165, 1.54) is 0 Å². The number of aromatic nitrogens is 2. The maximum Gasteiger partial charge on any atom is 0.135 e. The molecule has 0 atom stereocenters. The van der Waals surface area contributed by atoms with Crippen LogP contribution in [0.25, 0.3) is 10.9 Å². The van der Waals surface area contributed by atoms with Crippen molar-refractivity contribution in [1.29, 1.82) is 0 Å². The molecule has 0 fully saturated rings. The van der Waals surface area contributed by atoms with E-state index >= 15 is 0 Å². The molecule has 0 aliphatic heterocycles. The number of aryl methyl sites for hydroxylation is 1. The molecule has 0 bridgehead atoms. The molecule has 3 nitrogen and oxygen atoms in total. The summed E-state index contributed by atoms with van der Waals surface area (Å²) in [6.45, 7) is 4.19. The molecule has 0 saturated heterocycles. The van der Waals surface area contributed by atoms with Crippen LogP contribution in [0.2, 0.25) is 0 Å². The lowest BCUT2D eigenvalue weighted by Gasteiger charge is -2.22. The van der Waals surface area contributed by atoms with Gasteiger partial charge in [0.2, 0.25) is 0 Å². The molecule has 0 saturated carbocycles. The lowest BCUT2D eigenvalue weighted by atomic mass is 9.85. The Bertz CT molecular complexity index is 531. The molecule has 0 unspecified atom stereocenters. The van der Waals surface area contributed by atoms with E-state index in [2.05, 4.69) is 27.1 Å². The second kappa shape index (κ2) is 3.86. The molecule has 0 spiro atoms. The molecule has 1 N–H and O–H groups in total. The molecule has 0 aliphatic carbocycles. The zero-order chi connectivity index (χ0) is 11.9. The summed E-state index contributed by atoms with van der Waals surface area (Å²) in [5.74, 6) is 0. The van der Waals surface area contributed by atoms with Gasteiger partial charge in [-0.2, -0.15) is 5.10 Å². The average molecular weight is 283 g/mol. The van der Waals surface area contributed by atoms with Gasteiger partial charge in [0.05, 0.1) is 12.1 Å². The van der Waals surface area contributed by atoms with Crippen LogP contribution in [0.5, 0.6) is 0 Å². The molecule has 2 rings (SSSR count). The topological polar surface area (TPSA) is 38.0 Å². The standard InChI is InChI=1S/C12H15BrN2O/c1-12(2,7-16)8-4-5-9-10(6-8)15(3)14-11(9)13/h4-6,16H,7H2,1-3H3. The highest BCUT2D eigenvalue weighted by molar-refractivity contribution is 9.10. The first-order valence-electron chi connectivity index (χ1n) is 5.19. The predicted molar refractivity (Wildman–Crippen MR) is 68.5 cm³/mol. The van der Waals surface area contributed by atoms with Crippen LogP contribution in [-0.2, 0) is 12.5 Å². The Morgan fingerprint density at radius 1 is 1.44 bits per heavy atom. The minimum Gasteiger partial charge on any atom is -0.395 e. The molecule has 0 amide bonds. The Balaban J connectivity index is 2.64. The van der Waals surface area contributed by atoms with E-state index in [9.17, 15) is 5.11 Å². The molecule has 0 aliphatic rings. The average Bonchev–Trinajstić information content (AvgIpc) is 2.54. The number of benzene rings is 1. The van der Waals surface area contributed by atoms with Crippen LogP contribution >= 0.6 is 15.9 Å². The van der Waals surface area contributed by atoms with Crippen LogP contribution in [0.4, 0.5) is 0 Å². The molecule has 86 valence electrons. The first kappa shape index (κ1) is 11.6. The van der Waals surface area contributed by atoms with E-state index in [-0.39, 0.29) is 12.0 Å². The van der Waals surface area contributed by atoms with Crippen molar-refractivity contribution in [3.8, 4) is 0 Å². The van der Waals surface area contributed by atoms with Gasteiger partial charge in [0, 0.05) is 17.8 Å². The second-order valence-electron chi connectivity index (χ2n) is 4.69. The van der Waals surface area contributed by atoms with Gasteiger partial charge in [0.25, 0.3) is 0 Å². The number of aliphatic hydroxyl groups is 1. The maximum atomic E-state index is 9.36.